The molecule has 1 aliphatic rings. The van der Waals surface area contributed by atoms with E-state index in [1.165, 1.54) is 29.7 Å². The molecule has 0 aromatic carbocycles. The van der Waals surface area contributed by atoms with Gasteiger partial charge in [0.25, 0.3) is 5.91 Å². The minimum atomic E-state index is -3.21. The van der Waals surface area contributed by atoms with Crippen LogP contribution in [0.2, 0.25) is 0 Å². The van der Waals surface area contributed by atoms with Crippen LogP contribution < -0.4 is 5.32 Å². The fourth-order valence-corrected chi connectivity index (χ4v) is 4.77. The van der Waals surface area contributed by atoms with E-state index in [2.05, 4.69) is 26.1 Å². The summed E-state index contributed by atoms with van der Waals surface area (Å²) in [5.41, 5.74) is -0.000236. The van der Waals surface area contributed by atoms with Crippen molar-refractivity contribution >= 4 is 27.3 Å². The second kappa shape index (κ2) is 8.57. The first-order chi connectivity index (χ1) is 12.4. The van der Waals surface area contributed by atoms with Crippen molar-refractivity contribution < 1.29 is 18.3 Å². The number of likely N-dealkylation sites (tertiary alicyclic amines) is 1. The Kier molecular flexibility index (Phi) is 7.07. The molecular weight excluding hydrogens is 386 g/mol. The Morgan fingerprint density at radius 1 is 1.33 bits per heavy atom. The number of carbonyl (C=O) groups is 1. The van der Waals surface area contributed by atoms with Crippen molar-refractivity contribution in [3.63, 3.8) is 0 Å². The normalized spacial score (nSPS) is 21.7. The van der Waals surface area contributed by atoms with Gasteiger partial charge in [-0.1, -0.05) is 20.8 Å². The van der Waals surface area contributed by atoms with Crippen molar-refractivity contribution in [3.05, 3.63) is 21.9 Å². The van der Waals surface area contributed by atoms with Crippen molar-refractivity contribution in [2.24, 2.45) is 0 Å². The third-order valence-electron chi connectivity index (χ3n) is 4.68. The quantitative estimate of drug-likeness (QED) is 0.693. The molecule has 2 N–H and O–H groups in total. The number of hydrogen-bond acceptors (Lipinski definition) is 6. The lowest BCUT2D eigenvalue weighted by atomic mass is 9.95. The summed E-state index contributed by atoms with van der Waals surface area (Å²) in [6.07, 6.45) is -0.158. The molecule has 0 bridgehead atoms. The summed E-state index contributed by atoms with van der Waals surface area (Å²) < 4.78 is 24.8. The first-order valence-electron chi connectivity index (χ1n) is 9.12. The van der Waals surface area contributed by atoms with Gasteiger partial charge in [0.05, 0.1) is 22.8 Å². The van der Waals surface area contributed by atoms with E-state index < -0.39 is 16.1 Å². The smallest absolute Gasteiger partial charge is 0.261 e. The highest BCUT2D eigenvalue weighted by molar-refractivity contribution is 7.89. The Morgan fingerprint density at radius 2 is 2.00 bits per heavy atom. The van der Waals surface area contributed by atoms with Crippen LogP contribution in [0.1, 0.15) is 41.7 Å². The number of carbonyl (C=O) groups excluding carboxylic acids is 1. The topological polar surface area (TPSA) is 90.0 Å². The predicted molar refractivity (Wildman–Crippen MR) is 109 cm³/mol. The molecule has 1 aliphatic heterocycles. The van der Waals surface area contributed by atoms with Gasteiger partial charge < -0.3 is 10.4 Å². The Hall–Kier alpha value is -1.000. The molecule has 1 amide bonds. The van der Waals surface area contributed by atoms with Crippen LogP contribution in [0.5, 0.6) is 0 Å². The Labute approximate surface area is 166 Å². The zero-order valence-electron chi connectivity index (χ0n) is 16.7. The summed E-state index contributed by atoms with van der Waals surface area (Å²) in [5, 5.41) is 13.2. The second-order valence-corrected chi connectivity index (χ2v) is 11.7. The first kappa shape index (κ1) is 22.3. The average Bonchev–Trinajstić information content (AvgIpc) is 3.14. The van der Waals surface area contributed by atoms with Crippen molar-refractivity contribution in [1.29, 1.82) is 0 Å². The van der Waals surface area contributed by atoms with Crippen molar-refractivity contribution in [2.75, 3.05) is 39.5 Å². The Balaban J connectivity index is 1.86. The lowest BCUT2D eigenvalue weighted by Gasteiger charge is -2.17. The molecule has 9 heteroatoms. The standard InChI is InChI=1S/C18H31N3O4S2/c1-18(2,3)16-8-7-15(26-16)17(23)19-13-11-21(12-14(13)22)9-6-10-27(24,25)20(4)5/h7-8,13-14,22H,6,9-12H2,1-5H3,(H,19,23)/t13-,14+/m0/s1. The lowest BCUT2D eigenvalue weighted by molar-refractivity contribution is 0.0892. The lowest BCUT2D eigenvalue weighted by Crippen LogP contribution is -2.42. The van der Waals surface area contributed by atoms with Crippen LogP contribution in [0.15, 0.2) is 12.1 Å². The Morgan fingerprint density at radius 3 is 2.56 bits per heavy atom. The molecule has 0 aliphatic carbocycles. The summed E-state index contributed by atoms with van der Waals surface area (Å²) in [6.45, 7) is 7.85. The van der Waals surface area contributed by atoms with E-state index in [-0.39, 0.29) is 23.1 Å². The molecule has 0 unspecified atom stereocenters. The number of hydrogen-bond donors (Lipinski definition) is 2. The van der Waals surface area contributed by atoms with Gasteiger partial charge in [-0.2, -0.15) is 0 Å². The Bertz CT molecular complexity index is 753. The minimum Gasteiger partial charge on any atom is -0.390 e. The number of thiophene rings is 1. The zero-order valence-corrected chi connectivity index (χ0v) is 18.4. The SMILES string of the molecule is CN(C)S(=O)(=O)CCCN1C[C@@H](O)[C@@H](NC(=O)c2ccc(C(C)(C)C)s2)C1. The number of nitrogens with one attached hydrogen (secondary N) is 1. The molecule has 1 aromatic rings. The number of sulfonamides is 1. The van der Waals surface area contributed by atoms with E-state index >= 15 is 0 Å². The molecule has 2 rings (SSSR count). The number of rotatable bonds is 7. The molecule has 2 atom stereocenters. The average molecular weight is 418 g/mol. The second-order valence-electron chi connectivity index (χ2n) is 8.27. The van der Waals surface area contributed by atoms with Crippen LogP contribution in [0.4, 0.5) is 0 Å². The summed E-state index contributed by atoms with van der Waals surface area (Å²) in [6, 6.07) is 3.46. The van der Waals surface area contributed by atoms with Crippen LogP contribution in [0, 0.1) is 0 Å². The van der Waals surface area contributed by atoms with Gasteiger partial charge >= 0.3 is 0 Å². The zero-order chi connectivity index (χ0) is 20.4. The maximum Gasteiger partial charge on any atom is 0.261 e. The summed E-state index contributed by atoms with van der Waals surface area (Å²) in [5.74, 6) is -0.0921. The van der Waals surface area contributed by atoms with Crippen LogP contribution in [0.25, 0.3) is 0 Å². The highest BCUT2D eigenvalue weighted by atomic mass is 32.2. The highest BCUT2D eigenvalue weighted by Gasteiger charge is 2.33. The number of nitrogens with zero attached hydrogens (tertiary/aromatic N) is 2. The molecule has 1 saturated heterocycles. The van der Waals surface area contributed by atoms with Crippen molar-refractivity contribution in [3.8, 4) is 0 Å². The minimum absolute atomic E-state index is 0.000236. The molecule has 1 aromatic heterocycles. The van der Waals surface area contributed by atoms with Gasteiger partial charge in [0.15, 0.2) is 0 Å². The van der Waals surface area contributed by atoms with Gasteiger partial charge in [-0.05, 0) is 30.5 Å². The number of β-amino-alcohol motifs (C(OH)–C–C–N with tert-alkyl or cyclic N) is 1. The number of aliphatic hydroxyl groups excluding tert-OH is 1. The van der Waals surface area contributed by atoms with Crippen molar-refractivity contribution in [1.82, 2.24) is 14.5 Å². The monoisotopic (exact) mass is 417 g/mol. The maximum atomic E-state index is 12.5. The summed E-state index contributed by atoms with van der Waals surface area (Å²) in [7, 11) is -0.158. The number of aliphatic hydroxyl groups is 1. The van der Waals surface area contributed by atoms with E-state index in [1.807, 2.05) is 17.0 Å². The van der Waals surface area contributed by atoms with E-state index in [0.29, 0.717) is 30.9 Å². The molecule has 0 spiro atoms. The van der Waals surface area contributed by atoms with Crippen LogP contribution in [-0.4, -0.2) is 80.3 Å². The van der Waals surface area contributed by atoms with Crippen LogP contribution in [0.3, 0.4) is 0 Å². The van der Waals surface area contributed by atoms with Gasteiger partial charge in [0.2, 0.25) is 10.0 Å². The third kappa shape index (κ3) is 5.99. The molecule has 154 valence electrons. The third-order valence-corrected chi connectivity index (χ3v) is 8.11. The van der Waals surface area contributed by atoms with Gasteiger partial charge in [0, 0.05) is 32.1 Å². The fourth-order valence-electron chi connectivity index (χ4n) is 2.95. The fraction of sp³-hybridized carbons (Fsp3) is 0.722. The summed E-state index contributed by atoms with van der Waals surface area (Å²) >= 11 is 1.47. The molecule has 27 heavy (non-hydrogen) atoms. The summed E-state index contributed by atoms with van der Waals surface area (Å²) in [4.78, 5) is 16.3. The molecule has 1 fully saturated rings. The van der Waals surface area contributed by atoms with E-state index in [1.54, 1.807) is 0 Å². The number of amides is 1. The molecule has 2 heterocycles. The largest absolute Gasteiger partial charge is 0.390 e. The van der Waals surface area contributed by atoms with Crippen LogP contribution >= 0.6 is 11.3 Å². The molecule has 0 saturated carbocycles. The maximum absolute atomic E-state index is 12.5. The van der Waals surface area contributed by atoms with Gasteiger partial charge in [-0.25, -0.2) is 12.7 Å². The molecular formula is C18H31N3O4S2. The molecule has 7 nitrogen and oxygen atoms in total. The predicted octanol–water partition coefficient (Wildman–Crippen LogP) is 1.10. The van der Waals surface area contributed by atoms with E-state index in [9.17, 15) is 18.3 Å². The van der Waals surface area contributed by atoms with Gasteiger partial charge in [-0.15, -0.1) is 11.3 Å². The first-order valence-corrected chi connectivity index (χ1v) is 11.5. The van der Waals surface area contributed by atoms with Gasteiger partial charge in [0.1, 0.15) is 0 Å². The van der Waals surface area contributed by atoms with E-state index in [4.69, 9.17) is 0 Å². The molecule has 0 radical (unpaired) electrons. The van der Waals surface area contributed by atoms with Crippen LogP contribution in [-0.2, 0) is 15.4 Å². The van der Waals surface area contributed by atoms with Gasteiger partial charge in [-0.3, -0.25) is 9.69 Å². The highest BCUT2D eigenvalue weighted by Crippen LogP contribution is 2.29. The van der Waals surface area contributed by atoms with E-state index in [0.717, 1.165) is 4.88 Å². The van der Waals surface area contributed by atoms with Crippen molar-refractivity contribution in [2.45, 2.75) is 44.8 Å².